The Labute approximate surface area is 121 Å². The van der Waals surface area contributed by atoms with Crippen LogP contribution in [0.2, 0.25) is 5.02 Å². The smallest absolute Gasteiger partial charge is 0.145 e. The predicted octanol–water partition coefficient (Wildman–Crippen LogP) is 4.46. The molecule has 0 aliphatic heterocycles. The van der Waals surface area contributed by atoms with Gasteiger partial charge in [-0.1, -0.05) is 48.9 Å². The van der Waals surface area contributed by atoms with Crippen LogP contribution in [0.25, 0.3) is 0 Å². The average molecular weight is 297 g/mol. The highest BCUT2D eigenvalue weighted by Gasteiger charge is 2.31. The number of halogens is 3. The molecule has 1 nitrogen and oxygen atoms in total. The summed E-state index contributed by atoms with van der Waals surface area (Å²) in [4.78, 5) is 0. The van der Waals surface area contributed by atoms with Gasteiger partial charge in [0, 0.05) is 12.0 Å². The first-order valence-corrected chi connectivity index (χ1v) is 6.76. The first-order chi connectivity index (χ1) is 9.48. The molecule has 0 heterocycles. The van der Waals surface area contributed by atoms with E-state index in [1.807, 2.05) is 0 Å². The molecule has 20 heavy (non-hydrogen) atoms. The molecule has 2 aromatic rings. The quantitative estimate of drug-likeness (QED) is 0.883. The molecule has 2 rings (SSSR count). The first-order valence-electron chi connectivity index (χ1n) is 6.38. The van der Waals surface area contributed by atoms with E-state index in [2.05, 4.69) is 0 Å². The summed E-state index contributed by atoms with van der Waals surface area (Å²) in [5, 5.41) is 10.7. The van der Waals surface area contributed by atoms with Crippen molar-refractivity contribution in [2.24, 2.45) is 0 Å². The van der Waals surface area contributed by atoms with E-state index in [9.17, 15) is 13.9 Å². The topological polar surface area (TPSA) is 20.2 Å². The van der Waals surface area contributed by atoms with E-state index in [0.29, 0.717) is 0 Å². The summed E-state index contributed by atoms with van der Waals surface area (Å²) in [6.45, 7) is 1.73. The van der Waals surface area contributed by atoms with Crippen molar-refractivity contribution in [3.05, 3.63) is 70.2 Å². The molecule has 0 bridgehead atoms. The van der Waals surface area contributed by atoms with Crippen molar-refractivity contribution in [2.45, 2.75) is 25.4 Å². The van der Waals surface area contributed by atoms with Gasteiger partial charge in [0.2, 0.25) is 0 Å². The normalized spacial score (nSPS) is 14.1. The molecule has 4 heteroatoms. The molecule has 106 valence electrons. The van der Waals surface area contributed by atoms with E-state index >= 15 is 0 Å². The van der Waals surface area contributed by atoms with Gasteiger partial charge in [-0.2, -0.15) is 0 Å². The molecule has 0 aromatic heterocycles. The summed E-state index contributed by atoms with van der Waals surface area (Å²) in [5.74, 6) is -1.07. The molecule has 0 spiro atoms. The minimum Gasteiger partial charge on any atom is -0.385 e. The van der Waals surface area contributed by atoms with Gasteiger partial charge in [-0.25, -0.2) is 8.78 Å². The Kier molecular flexibility index (Phi) is 4.41. The van der Waals surface area contributed by atoms with Crippen molar-refractivity contribution in [2.75, 3.05) is 0 Å². The van der Waals surface area contributed by atoms with Gasteiger partial charge in [-0.3, -0.25) is 0 Å². The highest BCUT2D eigenvalue weighted by molar-refractivity contribution is 6.30. The molecule has 0 aliphatic carbocycles. The third-order valence-electron chi connectivity index (χ3n) is 3.47. The number of rotatable bonds is 4. The minimum absolute atomic E-state index is 0.00510. The lowest BCUT2D eigenvalue weighted by atomic mass is 9.84. The van der Waals surface area contributed by atoms with E-state index < -0.39 is 17.2 Å². The van der Waals surface area contributed by atoms with E-state index in [1.54, 1.807) is 31.2 Å². The lowest BCUT2D eigenvalue weighted by Gasteiger charge is -2.28. The SMILES string of the molecule is CCC(O)(Cc1cccc(Cl)c1F)c1ccccc1F. The van der Waals surface area contributed by atoms with E-state index in [1.165, 1.54) is 18.2 Å². The zero-order valence-corrected chi connectivity index (χ0v) is 11.8. The summed E-state index contributed by atoms with van der Waals surface area (Å²) < 4.78 is 27.8. The molecule has 0 aliphatic rings. The van der Waals surface area contributed by atoms with Gasteiger partial charge >= 0.3 is 0 Å². The van der Waals surface area contributed by atoms with Crippen LogP contribution in [0.1, 0.15) is 24.5 Å². The molecule has 0 saturated carbocycles. The number of benzene rings is 2. The number of aliphatic hydroxyl groups is 1. The molecule has 1 N–H and O–H groups in total. The summed E-state index contributed by atoms with van der Waals surface area (Å²) in [5.41, 5.74) is -1.02. The van der Waals surface area contributed by atoms with Crippen molar-refractivity contribution in [1.29, 1.82) is 0 Å². The Hall–Kier alpha value is -1.45. The maximum absolute atomic E-state index is 13.9. The zero-order chi connectivity index (χ0) is 14.8. The maximum atomic E-state index is 13.9. The average Bonchev–Trinajstić information content (AvgIpc) is 2.44. The third-order valence-corrected chi connectivity index (χ3v) is 3.77. The first kappa shape index (κ1) is 14.9. The molecule has 1 unspecified atom stereocenters. The standard InChI is InChI=1S/C16H15ClF2O/c1-2-16(20,12-7-3-4-9-14(12)18)10-11-6-5-8-13(17)15(11)19/h3-9,20H,2,10H2,1H3. The van der Waals surface area contributed by atoms with Gasteiger partial charge in [0.25, 0.3) is 0 Å². The van der Waals surface area contributed by atoms with Crippen molar-refractivity contribution >= 4 is 11.6 Å². The van der Waals surface area contributed by atoms with Gasteiger partial charge in [0.1, 0.15) is 11.6 Å². The highest BCUT2D eigenvalue weighted by Crippen LogP contribution is 2.32. The summed E-state index contributed by atoms with van der Waals surface area (Å²) >= 11 is 5.73. The molecule has 0 fully saturated rings. The van der Waals surface area contributed by atoms with Crippen LogP contribution in [0, 0.1) is 11.6 Å². The fourth-order valence-electron chi connectivity index (χ4n) is 2.25. The lowest BCUT2D eigenvalue weighted by Crippen LogP contribution is -2.29. The van der Waals surface area contributed by atoms with Crippen LogP contribution in [-0.2, 0) is 12.0 Å². The second-order valence-electron chi connectivity index (χ2n) is 4.75. The Bertz CT molecular complexity index is 615. The van der Waals surface area contributed by atoms with E-state index in [-0.39, 0.29) is 29.0 Å². The van der Waals surface area contributed by atoms with Crippen LogP contribution in [0.5, 0.6) is 0 Å². The van der Waals surface area contributed by atoms with Crippen LogP contribution >= 0.6 is 11.6 Å². The summed E-state index contributed by atoms with van der Waals surface area (Å²) in [7, 11) is 0. The Morgan fingerprint density at radius 3 is 2.45 bits per heavy atom. The molecule has 0 amide bonds. The van der Waals surface area contributed by atoms with Gasteiger partial charge in [-0.15, -0.1) is 0 Å². The molecule has 2 aromatic carbocycles. The maximum Gasteiger partial charge on any atom is 0.145 e. The second kappa shape index (κ2) is 5.90. The van der Waals surface area contributed by atoms with Crippen molar-refractivity contribution in [1.82, 2.24) is 0 Å². The fraction of sp³-hybridized carbons (Fsp3) is 0.250. The van der Waals surface area contributed by atoms with Gasteiger partial charge in [-0.05, 0) is 24.1 Å². The lowest BCUT2D eigenvalue weighted by molar-refractivity contribution is 0.0283. The Morgan fingerprint density at radius 1 is 1.10 bits per heavy atom. The second-order valence-corrected chi connectivity index (χ2v) is 5.16. The Balaban J connectivity index is 2.42. The summed E-state index contributed by atoms with van der Waals surface area (Å²) in [6, 6.07) is 10.6. The van der Waals surface area contributed by atoms with Crippen molar-refractivity contribution in [3.63, 3.8) is 0 Å². The predicted molar refractivity (Wildman–Crippen MR) is 75.7 cm³/mol. The molecular formula is C16H15ClF2O. The van der Waals surface area contributed by atoms with Gasteiger partial charge in [0.15, 0.2) is 0 Å². The van der Waals surface area contributed by atoms with Crippen LogP contribution in [0.3, 0.4) is 0 Å². The van der Waals surface area contributed by atoms with Gasteiger partial charge < -0.3 is 5.11 Å². The highest BCUT2D eigenvalue weighted by atomic mass is 35.5. The minimum atomic E-state index is -1.46. The third kappa shape index (κ3) is 2.84. The molecule has 1 atom stereocenters. The Morgan fingerprint density at radius 2 is 1.80 bits per heavy atom. The van der Waals surface area contributed by atoms with Crippen LogP contribution in [0.15, 0.2) is 42.5 Å². The number of hydrogen-bond acceptors (Lipinski definition) is 1. The van der Waals surface area contributed by atoms with Crippen LogP contribution < -0.4 is 0 Å². The summed E-state index contributed by atoms with van der Waals surface area (Å²) in [6.07, 6.45) is 0.233. The monoisotopic (exact) mass is 296 g/mol. The molecule has 0 saturated heterocycles. The number of hydrogen-bond donors (Lipinski definition) is 1. The van der Waals surface area contributed by atoms with Crippen LogP contribution in [-0.4, -0.2) is 5.11 Å². The zero-order valence-electron chi connectivity index (χ0n) is 11.0. The van der Waals surface area contributed by atoms with Crippen molar-refractivity contribution in [3.8, 4) is 0 Å². The van der Waals surface area contributed by atoms with E-state index in [0.717, 1.165) is 0 Å². The molecular weight excluding hydrogens is 282 g/mol. The van der Waals surface area contributed by atoms with E-state index in [4.69, 9.17) is 11.6 Å². The molecule has 0 radical (unpaired) electrons. The van der Waals surface area contributed by atoms with Crippen LogP contribution in [0.4, 0.5) is 8.78 Å². The largest absolute Gasteiger partial charge is 0.385 e. The van der Waals surface area contributed by atoms with Gasteiger partial charge in [0.05, 0.1) is 10.6 Å². The van der Waals surface area contributed by atoms with Crippen molar-refractivity contribution < 1.29 is 13.9 Å². The fourth-order valence-corrected chi connectivity index (χ4v) is 2.44.